The molecular formula is C21H22N4O3. The van der Waals surface area contributed by atoms with Crippen molar-refractivity contribution in [3.05, 3.63) is 59.5 Å². The summed E-state index contributed by atoms with van der Waals surface area (Å²) >= 11 is 0. The van der Waals surface area contributed by atoms with Gasteiger partial charge in [0.2, 0.25) is 11.7 Å². The number of rotatable bonds is 4. The van der Waals surface area contributed by atoms with Crippen molar-refractivity contribution in [3.8, 4) is 17.1 Å². The maximum absolute atomic E-state index is 12.4. The molecule has 2 amide bonds. The quantitative estimate of drug-likeness (QED) is 0.742. The third kappa shape index (κ3) is 3.43. The lowest BCUT2D eigenvalue weighted by molar-refractivity contribution is 0.147. The Morgan fingerprint density at radius 2 is 1.96 bits per heavy atom. The number of benzene rings is 2. The van der Waals surface area contributed by atoms with Crippen LogP contribution in [0, 0.1) is 13.8 Å². The van der Waals surface area contributed by atoms with Gasteiger partial charge in [-0.2, -0.15) is 4.98 Å². The molecule has 0 atom stereocenters. The highest BCUT2D eigenvalue weighted by molar-refractivity contribution is 5.90. The van der Waals surface area contributed by atoms with E-state index in [0.717, 1.165) is 16.8 Å². The number of carbonyl (C=O) groups excluding carboxylic acids is 1. The maximum Gasteiger partial charge on any atom is 0.321 e. The monoisotopic (exact) mass is 378 g/mol. The lowest BCUT2D eigenvalue weighted by Gasteiger charge is -2.36. The van der Waals surface area contributed by atoms with E-state index in [0.29, 0.717) is 30.6 Å². The first-order valence-corrected chi connectivity index (χ1v) is 9.15. The number of para-hydroxylation sites is 1. The standard InChI is InChI=1S/C21H22N4O3/c1-13-8-9-16(10-14(13)2)22-21(26)25-11-15(12-25)20-23-19(24-28-20)17-6-4-5-7-18(17)27-3/h4-10,15H,11-12H2,1-3H3,(H,22,26). The predicted molar refractivity (Wildman–Crippen MR) is 106 cm³/mol. The fourth-order valence-electron chi connectivity index (χ4n) is 3.16. The van der Waals surface area contributed by atoms with Crippen LogP contribution in [0.2, 0.25) is 0 Å². The van der Waals surface area contributed by atoms with Crippen LogP contribution >= 0.6 is 0 Å². The second kappa shape index (κ2) is 7.34. The molecule has 7 heteroatoms. The molecule has 0 bridgehead atoms. The Kier molecular flexibility index (Phi) is 4.73. The summed E-state index contributed by atoms with van der Waals surface area (Å²) < 4.78 is 10.8. The van der Waals surface area contributed by atoms with Crippen LogP contribution in [-0.2, 0) is 0 Å². The van der Waals surface area contributed by atoms with Crippen LogP contribution in [0.3, 0.4) is 0 Å². The number of ether oxygens (including phenoxy) is 1. The zero-order valence-electron chi connectivity index (χ0n) is 16.1. The molecule has 0 spiro atoms. The van der Waals surface area contributed by atoms with E-state index in [1.807, 2.05) is 56.3 Å². The summed E-state index contributed by atoms with van der Waals surface area (Å²) in [5.41, 5.74) is 3.93. The Morgan fingerprint density at radius 3 is 2.71 bits per heavy atom. The number of hydrogen-bond acceptors (Lipinski definition) is 5. The van der Waals surface area contributed by atoms with E-state index in [2.05, 4.69) is 15.5 Å². The normalized spacial score (nSPS) is 13.9. The number of aromatic nitrogens is 2. The van der Waals surface area contributed by atoms with E-state index in [-0.39, 0.29) is 11.9 Å². The minimum Gasteiger partial charge on any atom is -0.496 e. The molecule has 1 aliphatic rings. The van der Waals surface area contributed by atoms with Gasteiger partial charge in [-0.15, -0.1) is 0 Å². The van der Waals surface area contributed by atoms with E-state index < -0.39 is 0 Å². The molecule has 2 heterocycles. The van der Waals surface area contributed by atoms with Gasteiger partial charge in [-0.3, -0.25) is 0 Å². The molecule has 0 radical (unpaired) electrons. The van der Waals surface area contributed by atoms with E-state index in [1.165, 1.54) is 5.56 Å². The average molecular weight is 378 g/mol. The Labute approximate surface area is 163 Å². The number of methoxy groups -OCH3 is 1. The van der Waals surface area contributed by atoms with Crippen LogP contribution < -0.4 is 10.1 Å². The molecule has 1 N–H and O–H groups in total. The molecule has 0 aliphatic carbocycles. The van der Waals surface area contributed by atoms with Crippen LogP contribution in [0.25, 0.3) is 11.4 Å². The Balaban J connectivity index is 1.38. The summed E-state index contributed by atoms with van der Waals surface area (Å²) in [7, 11) is 1.61. The largest absolute Gasteiger partial charge is 0.496 e. The van der Waals surface area contributed by atoms with E-state index in [9.17, 15) is 4.79 Å². The number of nitrogens with zero attached hydrogens (tertiary/aromatic N) is 3. The molecule has 1 saturated heterocycles. The lowest BCUT2D eigenvalue weighted by atomic mass is 10.0. The first-order valence-electron chi connectivity index (χ1n) is 9.15. The van der Waals surface area contributed by atoms with Crippen LogP contribution in [0.4, 0.5) is 10.5 Å². The van der Waals surface area contributed by atoms with Gasteiger partial charge in [0.15, 0.2) is 0 Å². The SMILES string of the molecule is COc1ccccc1-c1noc(C2CN(C(=O)Nc3ccc(C)c(C)c3)C2)n1. The van der Waals surface area contributed by atoms with Crippen molar-refractivity contribution in [2.45, 2.75) is 19.8 Å². The van der Waals surface area contributed by atoms with Crippen molar-refractivity contribution in [1.82, 2.24) is 15.0 Å². The first-order chi connectivity index (χ1) is 13.5. The number of carbonyl (C=O) groups is 1. The summed E-state index contributed by atoms with van der Waals surface area (Å²) in [5, 5.41) is 7.00. The first kappa shape index (κ1) is 18.0. The molecule has 1 fully saturated rings. The molecule has 0 saturated carbocycles. The van der Waals surface area contributed by atoms with Crippen LogP contribution in [-0.4, -0.2) is 41.3 Å². The number of urea groups is 1. The second-order valence-corrected chi connectivity index (χ2v) is 6.99. The topological polar surface area (TPSA) is 80.5 Å². The van der Waals surface area contributed by atoms with Gasteiger partial charge in [0, 0.05) is 18.8 Å². The van der Waals surface area contributed by atoms with Crippen LogP contribution in [0.5, 0.6) is 5.75 Å². The van der Waals surface area contributed by atoms with Gasteiger partial charge in [0.1, 0.15) is 5.75 Å². The molecule has 1 aliphatic heterocycles. The minimum atomic E-state index is -0.121. The number of anilines is 1. The van der Waals surface area contributed by atoms with Crippen LogP contribution in [0.1, 0.15) is 22.9 Å². The molecule has 28 heavy (non-hydrogen) atoms. The molecule has 2 aromatic carbocycles. The molecule has 3 aromatic rings. The summed E-state index contributed by atoms with van der Waals surface area (Å²) in [5.74, 6) is 1.76. The Hall–Kier alpha value is -3.35. The minimum absolute atomic E-state index is 0.0430. The van der Waals surface area contributed by atoms with E-state index in [1.54, 1.807) is 12.0 Å². The van der Waals surface area contributed by atoms with Gasteiger partial charge < -0.3 is 19.5 Å². The van der Waals surface area contributed by atoms with Crippen LogP contribution in [0.15, 0.2) is 47.0 Å². The molecule has 4 rings (SSSR count). The number of nitrogens with one attached hydrogen (secondary N) is 1. The molecule has 144 valence electrons. The number of hydrogen-bond donors (Lipinski definition) is 1. The van der Waals surface area contributed by atoms with Crippen molar-refractivity contribution in [1.29, 1.82) is 0 Å². The van der Waals surface area contributed by atoms with E-state index >= 15 is 0 Å². The second-order valence-electron chi connectivity index (χ2n) is 6.99. The van der Waals surface area contributed by atoms with Crippen molar-refractivity contribution >= 4 is 11.7 Å². The van der Waals surface area contributed by atoms with E-state index in [4.69, 9.17) is 9.26 Å². The van der Waals surface area contributed by atoms with Gasteiger partial charge in [0.05, 0.1) is 18.6 Å². The smallest absolute Gasteiger partial charge is 0.321 e. The highest BCUT2D eigenvalue weighted by Gasteiger charge is 2.36. The highest BCUT2D eigenvalue weighted by atomic mass is 16.5. The van der Waals surface area contributed by atoms with Gasteiger partial charge in [-0.1, -0.05) is 23.4 Å². The zero-order valence-corrected chi connectivity index (χ0v) is 16.1. The third-order valence-electron chi connectivity index (χ3n) is 5.07. The van der Waals surface area contributed by atoms with Gasteiger partial charge in [-0.25, -0.2) is 4.79 Å². The van der Waals surface area contributed by atoms with Crippen molar-refractivity contribution in [2.24, 2.45) is 0 Å². The fraction of sp³-hybridized carbons (Fsp3) is 0.286. The summed E-state index contributed by atoms with van der Waals surface area (Å²) in [6.07, 6.45) is 0. The van der Waals surface area contributed by atoms with Crippen molar-refractivity contribution in [3.63, 3.8) is 0 Å². The average Bonchev–Trinajstić information content (AvgIpc) is 3.13. The lowest BCUT2D eigenvalue weighted by Crippen LogP contribution is -2.50. The molecule has 7 nitrogen and oxygen atoms in total. The van der Waals surface area contributed by atoms with Gasteiger partial charge in [-0.05, 0) is 49.2 Å². The summed E-state index contributed by atoms with van der Waals surface area (Å²) in [6.45, 7) is 5.17. The predicted octanol–water partition coefficient (Wildman–Crippen LogP) is 3.99. The number of amides is 2. The number of aryl methyl sites for hydroxylation is 2. The third-order valence-corrected chi connectivity index (χ3v) is 5.07. The fourth-order valence-corrected chi connectivity index (χ4v) is 3.16. The molecular weight excluding hydrogens is 356 g/mol. The highest BCUT2D eigenvalue weighted by Crippen LogP contribution is 2.31. The molecule has 1 aromatic heterocycles. The number of likely N-dealkylation sites (tertiary alicyclic amines) is 1. The van der Waals surface area contributed by atoms with Gasteiger partial charge in [0.25, 0.3) is 0 Å². The van der Waals surface area contributed by atoms with Gasteiger partial charge >= 0.3 is 6.03 Å². The summed E-state index contributed by atoms with van der Waals surface area (Å²) in [4.78, 5) is 18.6. The molecule has 0 unspecified atom stereocenters. The Morgan fingerprint density at radius 1 is 1.18 bits per heavy atom. The Bertz CT molecular complexity index is 1010. The summed E-state index contributed by atoms with van der Waals surface area (Å²) in [6, 6.07) is 13.3. The maximum atomic E-state index is 12.4. The van der Waals surface area contributed by atoms with Crippen molar-refractivity contribution < 1.29 is 14.1 Å². The zero-order chi connectivity index (χ0) is 19.7. The van der Waals surface area contributed by atoms with Crippen molar-refractivity contribution in [2.75, 3.05) is 25.5 Å².